The average Bonchev–Trinajstić information content (AvgIpc) is 3.36. The SMILES string of the molecule is CC(C)(C)OC(=O)NCc1cccc(CNc2ncnc3c2ncn3C[C@@H](NC(=O)OCc2ccccc2)C(=O)O)c1. The van der Waals surface area contributed by atoms with Crippen LogP contribution in [0, 0.1) is 0 Å². The molecule has 2 aromatic carbocycles. The molecule has 0 radical (unpaired) electrons. The van der Waals surface area contributed by atoms with Gasteiger partial charge < -0.3 is 35.1 Å². The Hall–Kier alpha value is -5.20. The van der Waals surface area contributed by atoms with Gasteiger partial charge in [0, 0.05) is 13.1 Å². The zero-order valence-electron chi connectivity index (χ0n) is 23.5. The highest BCUT2D eigenvalue weighted by atomic mass is 16.6. The van der Waals surface area contributed by atoms with Gasteiger partial charge in [0.15, 0.2) is 11.5 Å². The van der Waals surface area contributed by atoms with Crippen LogP contribution in [0.5, 0.6) is 0 Å². The van der Waals surface area contributed by atoms with Gasteiger partial charge in [0.05, 0.1) is 12.9 Å². The topological polar surface area (TPSA) is 170 Å². The molecule has 13 nitrogen and oxygen atoms in total. The van der Waals surface area contributed by atoms with E-state index in [1.807, 2.05) is 42.5 Å². The second-order valence-electron chi connectivity index (χ2n) is 10.4. The average molecular weight is 576 g/mol. The van der Waals surface area contributed by atoms with Crippen LogP contribution in [0.2, 0.25) is 0 Å². The summed E-state index contributed by atoms with van der Waals surface area (Å²) in [6.07, 6.45) is 1.45. The summed E-state index contributed by atoms with van der Waals surface area (Å²) in [5.74, 6) is -0.778. The monoisotopic (exact) mass is 575 g/mol. The normalized spacial score (nSPS) is 11.9. The van der Waals surface area contributed by atoms with Crippen molar-refractivity contribution in [2.75, 3.05) is 5.32 Å². The summed E-state index contributed by atoms with van der Waals surface area (Å²) in [6.45, 7) is 6.01. The van der Waals surface area contributed by atoms with Crippen molar-refractivity contribution in [2.24, 2.45) is 0 Å². The summed E-state index contributed by atoms with van der Waals surface area (Å²) in [5, 5.41) is 18.1. The fourth-order valence-electron chi connectivity index (χ4n) is 3.96. The summed E-state index contributed by atoms with van der Waals surface area (Å²) in [6, 6.07) is 15.4. The summed E-state index contributed by atoms with van der Waals surface area (Å²) in [4.78, 5) is 49.0. The number of aromatic nitrogens is 4. The van der Waals surface area contributed by atoms with Gasteiger partial charge in [-0.1, -0.05) is 54.6 Å². The predicted molar refractivity (Wildman–Crippen MR) is 153 cm³/mol. The van der Waals surface area contributed by atoms with Gasteiger partial charge in [-0.15, -0.1) is 0 Å². The largest absolute Gasteiger partial charge is 0.480 e. The number of imidazole rings is 1. The van der Waals surface area contributed by atoms with Crippen LogP contribution in [0.1, 0.15) is 37.5 Å². The van der Waals surface area contributed by atoms with Crippen LogP contribution in [0.25, 0.3) is 11.2 Å². The molecule has 0 aliphatic rings. The lowest BCUT2D eigenvalue weighted by atomic mass is 10.1. The van der Waals surface area contributed by atoms with Crippen LogP contribution < -0.4 is 16.0 Å². The summed E-state index contributed by atoms with van der Waals surface area (Å²) < 4.78 is 12.0. The number of carboxylic acid groups (broad SMARTS) is 1. The number of nitrogens with one attached hydrogen (secondary N) is 3. The third-order valence-corrected chi connectivity index (χ3v) is 5.87. The van der Waals surface area contributed by atoms with Gasteiger partial charge >= 0.3 is 18.2 Å². The summed E-state index contributed by atoms with van der Waals surface area (Å²) in [7, 11) is 0. The molecule has 0 bridgehead atoms. The number of alkyl carbamates (subject to hydrolysis) is 2. The number of carbonyl (C=O) groups is 3. The summed E-state index contributed by atoms with van der Waals surface area (Å²) in [5.41, 5.74) is 2.87. The number of anilines is 1. The first kappa shape index (κ1) is 29.8. The molecule has 0 aliphatic heterocycles. The Balaban J connectivity index is 1.36. The molecule has 0 saturated heterocycles. The van der Waals surface area contributed by atoms with Crippen LogP contribution >= 0.6 is 0 Å². The Morgan fingerprint density at radius 2 is 1.64 bits per heavy atom. The number of nitrogens with zero attached hydrogens (tertiary/aromatic N) is 4. The van der Waals surface area contributed by atoms with Gasteiger partial charge in [0.25, 0.3) is 0 Å². The number of ether oxygens (including phenoxy) is 2. The fourth-order valence-corrected chi connectivity index (χ4v) is 3.96. The second kappa shape index (κ2) is 13.4. The van der Waals surface area contributed by atoms with Crippen LogP contribution in [0.15, 0.2) is 67.3 Å². The van der Waals surface area contributed by atoms with E-state index in [0.717, 1.165) is 16.7 Å². The summed E-state index contributed by atoms with van der Waals surface area (Å²) >= 11 is 0. The fraction of sp³-hybridized carbons (Fsp3) is 0.310. The number of hydrogen-bond acceptors (Lipinski definition) is 9. The van der Waals surface area contributed by atoms with E-state index in [9.17, 15) is 19.5 Å². The van der Waals surface area contributed by atoms with Gasteiger partial charge in [-0.2, -0.15) is 0 Å². The third-order valence-electron chi connectivity index (χ3n) is 5.87. The van der Waals surface area contributed by atoms with Crippen molar-refractivity contribution in [3.8, 4) is 0 Å². The minimum atomic E-state index is -1.28. The first-order valence-corrected chi connectivity index (χ1v) is 13.2. The number of rotatable bonds is 11. The van der Waals surface area contributed by atoms with Gasteiger partial charge in [-0.25, -0.2) is 29.3 Å². The van der Waals surface area contributed by atoms with Gasteiger partial charge in [-0.3, -0.25) is 0 Å². The molecule has 4 aromatic rings. The minimum Gasteiger partial charge on any atom is -0.480 e. The molecule has 0 spiro atoms. The second-order valence-corrected chi connectivity index (χ2v) is 10.4. The smallest absolute Gasteiger partial charge is 0.408 e. The van der Waals surface area contributed by atoms with Crippen molar-refractivity contribution in [3.63, 3.8) is 0 Å². The molecule has 2 aromatic heterocycles. The molecule has 220 valence electrons. The number of aliphatic carboxylic acids is 1. The van der Waals surface area contributed by atoms with E-state index >= 15 is 0 Å². The molecule has 0 aliphatic carbocycles. The van der Waals surface area contributed by atoms with Gasteiger partial charge in [0.1, 0.15) is 30.1 Å². The zero-order chi connectivity index (χ0) is 30.1. The lowest BCUT2D eigenvalue weighted by molar-refractivity contribution is -0.139. The predicted octanol–water partition coefficient (Wildman–Crippen LogP) is 3.84. The molecule has 42 heavy (non-hydrogen) atoms. The van der Waals surface area contributed by atoms with E-state index in [1.54, 1.807) is 32.9 Å². The van der Waals surface area contributed by atoms with E-state index in [1.165, 1.54) is 17.2 Å². The first-order chi connectivity index (χ1) is 20.1. The Labute approximate surface area is 242 Å². The molecule has 4 N–H and O–H groups in total. The molecule has 0 unspecified atom stereocenters. The van der Waals surface area contributed by atoms with Crippen LogP contribution in [0.4, 0.5) is 15.4 Å². The Morgan fingerprint density at radius 1 is 0.929 bits per heavy atom. The highest BCUT2D eigenvalue weighted by Crippen LogP contribution is 2.19. The van der Waals surface area contributed by atoms with Crippen molar-refractivity contribution in [1.29, 1.82) is 0 Å². The molecule has 2 heterocycles. The Morgan fingerprint density at radius 3 is 2.36 bits per heavy atom. The number of benzene rings is 2. The van der Waals surface area contributed by atoms with E-state index in [2.05, 4.69) is 30.9 Å². The maximum absolute atomic E-state index is 12.3. The van der Waals surface area contributed by atoms with Crippen LogP contribution in [-0.2, 0) is 40.5 Å². The molecule has 4 rings (SSSR count). The molecule has 0 saturated carbocycles. The first-order valence-electron chi connectivity index (χ1n) is 13.2. The number of hydrogen-bond donors (Lipinski definition) is 4. The van der Waals surface area contributed by atoms with Crippen LogP contribution in [-0.4, -0.2) is 54.4 Å². The molecular formula is C29H33N7O6. The van der Waals surface area contributed by atoms with Crippen molar-refractivity contribution < 1.29 is 29.0 Å². The van der Waals surface area contributed by atoms with Gasteiger partial charge in [-0.05, 0) is 37.5 Å². The number of carbonyl (C=O) groups excluding carboxylic acids is 2. The van der Waals surface area contributed by atoms with Crippen molar-refractivity contribution >= 4 is 35.1 Å². The number of amides is 2. The van der Waals surface area contributed by atoms with Crippen LogP contribution in [0.3, 0.4) is 0 Å². The van der Waals surface area contributed by atoms with Crippen molar-refractivity contribution in [3.05, 3.63) is 83.9 Å². The highest BCUT2D eigenvalue weighted by molar-refractivity contribution is 5.83. The number of carboxylic acids is 1. The highest BCUT2D eigenvalue weighted by Gasteiger charge is 2.23. The number of fused-ring (bicyclic) bond motifs is 1. The van der Waals surface area contributed by atoms with Crippen molar-refractivity contribution in [2.45, 2.75) is 58.7 Å². The lowest BCUT2D eigenvalue weighted by Gasteiger charge is -2.19. The maximum Gasteiger partial charge on any atom is 0.408 e. The molecule has 1 atom stereocenters. The lowest BCUT2D eigenvalue weighted by Crippen LogP contribution is -2.43. The van der Waals surface area contributed by atoms with Gasteiger partial charge in [0.2, 0.25) is 0 Å². The minimum absolute atomic E-state index is 0.0123. The molecule has 0 fully saturated rings. The van der Waals surface area contributed by atoms with E-state index in [-0.39, 0.29) is 13.2 Å². The molecule has 13 heteroatoms. The van der Waals surface area contributed by atoms with E-state index in [4.69, 9.17) is 9.47 Å². The van der Waals surface area contributed by atoms with E-state index in [0.29, 0.717) is 30.1 Å². The van der Waals surface area contributed by atoms with E-state index < -0.39 is 29.8 Å². The van der Waals surface area contributed by atoms with Crippen molar-refractivity contribution in [1.82, 2.24) is 30.2 Å². The molecular weight excluding hydrogens is 542 g/mol. The Bertz CT molecular complexity index is 1530. The quantitative estimate of drug-likeness (QED) is 0.206. The Kier molecular flexibility index (Phi) is 9.53. The zero-order valence-corrected chi connectivity index (χ0v) is 23.5. The maximum atomic E-state index is 12.3. The standard InChI is InChI=1S/C29H33N7O6/c1-29(2,3)42-27(39)31-14-21-11-7-10-20(12-21)13-30-24-23-25(33-17-32-24)36(18-34-23)15-22(26(37)38)35-28(40)41-16-19-8-5-4-6-9-19/h4-12,17-18,22H,13-16H2,1-3H3,(H,31,39)(H,35,40)(H,37,38)(H,30,32,33)/t22-/m1/s1. The third kappa shape index (κ3) is 8.65. The molecule has 2 amide bonds.